The van der Waals surface area contributed by atoms with Crippen molar-refractivity contribution >= 4 is 40.7 Å². The molecule has 2 aromatic carbocycles. The van der Waals surface area contributed by atoms with Crippen LogP contribution in [0.25, 0.3) is 11.3 Å². The number of hydrogen-bond donors (Lipinski definition) is 1. The number of esters is 1. The third-order valence-corrected chi connectivity index (χ3v) is 5.58. The predicted octanol–water partition coefficient (Wildman–Crippen LogP) is 4.47. The highest BCUT2D eigenvalue weighted by Crippen LogP contribution is 2.28. The summed E-state index contributed by atoms with van der Waals surface area (Å²) in [5, 5.41) is 4.58. The Morgan fingerprint density at radius 1 is 1.19 bits per heavy atom. The lowest BCUT2D eigenvalue weighted by Crippen LogP contribution is -2.17. The fourth-order valence-corrected chi connectivity index (χ4v) is 3.91. The van der Waals surface area contributed by atoms with Gasteiger partial charge in [0.05, 0.1) is 29.8 Å². The SMILES string of the molecule is COC(=O)c1ccccc1NC(=O)CSc1nc(-c2ccc(F)cc2)cs1. The summed E-state index contributed by atoms with van der Waals surface area (Å²) in [5.41, 5.74) is 2.25. The molecule has 5 nitrogen and oxygen atoms in total. The highest BCUT2D eigenvalue weighted by Gasteiger charge is 2.14. The molecule has 138 valence electrons. The van der Waals surface area contributed by atoms with Crippen molar-refractivity contribution in [1.29, 1.82) is 0 Å². The number of hydrogen-bond acceptors (Lipinski definition) is 6. The first kappa shape index (κ1) is 19.1. The number of amides is 1. The van der Waals surface area contributed by atoms with Gasteiger partial charge < -0.3 is 10.1 Å². The third-order valence-electron chi connectivity index (χ3n) is 3.56. The Kier molecular flexibility index (Phi) is 6.20. The molecule has 0 unspecified atom stereocenters. The molecular formula is C19H15FN2O3S2. The monoisotopic (exact) mass is 402 g/mol. The lowest BCUT2D eigenvalue weighted by atomic mass is 10.2. The molecule has 0 radical (unpaired) electrons. The van der Waals surface area contributed by atoms with E-state index in [0.29, 0.717) is 11.3 Å². The van der Waals surface area contributed by atoms with E-state index in [1.807, 2.05) is 5.38 Å². The maximum absolute atomic E-state index is 13.0. The molecule has 1 amide bonds. The largest absolute Gasteiger partial charge is 0.465 e. The molecule has 0 aliphatic rings. The average Bonchev–Trinajstić information content (AvgIpc) is 3.16. The zero-order valence-electron chi connectivity index (χ0n) is 14.3. The van der Waals surface area contributed by atoms with Gasteiger partial charge in [-0.3, -0.25) is 4.79 Å². The molecule has 27 heavy (non-hydrogen) atoms. The van der Waals surface area contributed by atoms with Crippen LogP contribution in [0.3, 0.4) is 0 Å². The molecular weight excluding hydrogens is 387 g/mol. The number of nitrogens with one attached hydrogen (secondary N) is 1. The number of rotatable bonds is 6. The van der Waals surface area contributed by atoms with Crippen molar-refractivity contribution in [3.05, 3.63) is 65.3 Å². The van der Waals surface area contributed by atoms with E-state index in [1.54, 1.807) is 36.4 Å². The van der Waals surface area contributed by atoms with Gasteiger partial charge in [-0.1, -0.05) is 23.9 Å². The Balaban J connectivity index is 1.60. The van der Waals surface area contributed by atoms with Crippen LogP contribution < -0.4 is 5.32 Å². The number of halogens is 1. The Bertz CT molecular complexity index is 958. The molecule has 0 aliphatic heterocycles. The van der Waals surface area contributed by atoms with Gasteiger partial charge in [0.2, 0.25) is 5.91 Å². The van der Waals surface area contributed by atoms with Crippen LogP contribution >= 0.6 is 23.1 Å². The summed E-state index contributed by atoms with van der Waals surface area (Å²) in [4.78, 5) is 28.4. The number of methoxy groups -OCH3 is 1. The zero-order valence-corrected chi connectivity index (χ0v) is 15.9. The number of nitrogens with zero attached hydrogens (tertiary/aromatic N) is 1. The summed E-state index contributed by atoms with van der Waals surface area (Å²) in [5.74, 6) is -0.920. The quantitative estimate of drug-likeness (QED) is 0.487. The molecule has 3 rings (SSSR count). The summed E-state index contributed by atoms with van der Waals surface area (Å²) in [6.45, 7) is 0. The molecule has 0 atom stereocenters. The van der Waals surface area contributed by atoms with Crippen LogP contribution in [0.15, 0.2) is 58.3 Å². The van der Waals surface area contributed by atoms with Gasteiger partial charge in [0, 0.05) is 10.9 Å². The average molecular weight is 402 g/mol. The number of anilines is 1. The van der Waals surface area contributed by atoms with Crippen LogP contribution in [0, 0.1) is 5.82 Å². The van der Waals surface area contributed by atoms with E-state index < -0.39 is 5.97 Å². The van der Waals surface area contributed by atoms with Crippen molar-refractivity contribution in [3.63, 3.8) is 0 Å². The molecule has 1 heterocycles. The van der Waals surface area contributed by atoms with E-state index in [-0.39, 0.29) is 17.5 Å². The third kappa shape index (κ3) is 4.93. The standard InChI is InChI=1S/C19H15FN2O3S2/c1-25-18(24)14-4-2-3-5-15(14)21-17(23)11-27-19-22-16(10-26-19)12-6-8-13(20)9-7-12/h2-10H,11H2,1H3,(H,21,23). The summed E-state index contributed by atoms with van der Waals surface area (Å²) >= 11 is 2.70. The van der Waals surface area contributed by atoms with E-state index in [9.17, 15) is 14.0 Å². The first-order chi connectivity index (χ1) is 13.1. The number of para-hydroxylation sites is 1. The Labute approximate surface area is 163 Å². The minimum absolute atomic E-state index is 0.145. The Morgan fingerprint density at radius 2 is 1.93 bits per heavy atom. The minimum atomic E-state index is -0.512. The maximum atomic E-state index is 13.0. The van der Waals surface area contributed by atoms with E-state index in [2.05, 4.69) is 10.3 Å². The minimum Gasteiger partial charge on any atom is -0.465 e. The topological polar surface area (TPSA) is 68.3 Å². The van der Waals surface area contributed by atoms with Gasteiger partial charge in [-0.25, -0.2) is 14.2 Å². The number of thiazole rings is 1. The Morgan fingerprint density at radius 3 is 2.67 bits per heavy atom. The van der Waals surface area contributed by atoms with Crippen molar-refractivity contribution < 1.29 is 18.7 Å². The molecule has 0 spiro atoms. The van der Waals surface area contributed by atoms with Gasteiger partial charge in [0.1, 0.15) is 5.82 Å². The zero-order chi connectivity index (χ0) is 19.2. The number of thioether (sulfide) groups is 1. The second-order valence-electron chi connectivity index (χ2n) is 5.38. The smallest absolute Gasteiger partial charge is 0.339 e. The Hall–Kier alpha value is -2.71. The number of benzene rings is 2. The van der Waals surface area contributed by atoms with Crippen molar-refractivity contribution in [3.8, 4) is 11.3 Å². The lowest BCUT2D eigenvalue weighted by Gasteiger charge is -2.08. The van der Waals surface area contributed by atoms with Crippen molar-refractivity contribution in [1.82, 2.24) is 4.98 Å². The molecule has 1 N–H and O–H groups in total. The van der Waals surface area contributed by atoms with E-state index in [1.165, 1.54) is 42.3 Å². The molecule has 3 aromatic rings. The molecule has 8 heteroatoms. The van der Waals surface area contributed by atoms with Gasteiger partial charge in [-0.15, -0.1) is 11.3 Å². The summed E-state index contributed by atoms with van der Waals surface area (Å²) < 4.78 is 18.4. The normalized spacial score (nSPS) is 10.4. The second-order valence-corrected chi connectivity index (χ2v) is 7.46. The van der Waals surface area contributed by atoms with Crippen molar-refractivity contribution in [2.45, 2.75) is 4.34 Å². The van der Waals surface area contributed by atoms with Gasteiger partial charge in [0.15, 0.2) is 4.34 Å². The van der Waals surface area contributed by atoms with Crippen LogP contribution in [-0.2, 0) is 9.53 Å². The highest BCUT2D eigenvalue weighted by molar-refractivity contribution is 8.01. The molecule has 1 aromatic heterocycles. The van der Waals surface area contributed by atoms with Gasteiger partial charge in [-0.2, -0.15) is 0 Å². The molecule has 0 saturated carbocycles. The molecule has 0 fully saturated rings. The van der Waals surface area contributed by atoms with Crippen LogP contribution in [0.4, 0.5) is 10.1 Å². The lowest BCUT2D eigenvalue weighted by molar-refractivity contribution is -0.113. The first-order valence-corrected chi connectivity index (χ1v) is 9.75. The van der Waals surface area contributed by atoms with Gasteiger partial charge >= 0.3 is 5.97 Å². The van der Waals surface area contributed by atoms with Crippen molar-refractivity contribution in [2.24, 2.45) is 0 Å². The first-order valence-electron chi connectivity index (χ1n) is 7.88. The molecule has 0 saturated heterocycles. The predicted molar refractivity (Wildman–Crippen MR) is 105 cm³/mol. The number of carbonyl (C=O) groups is 2. The summed E-state index contributed by atoms with van der Waals surface area (Å²) in [7, 11) is 1.29. The molecule has 0 bridgehead atoms. The summed E-state index contributed by atoms with van der Waals surface area (Å²) in [6.07, 6.45) is 0. The second kappa shape index (κ2) is 8.79. The highest BCUT2D eigenvalue weighted by atomic mass is 32.2. The van der Waals surface area contributed by atoms with E-state index in [4.69, 9.17) is 4.74 Å². The van der Waals surface area contributed by atoms with Gasteiger partial charge in [0.25, 0.3) is 0 Å². The van der Waals surface area contributed by atoms with Crippen LogP contribution in [0.2, 0.25) is 0 Å². The van der Waals surface area contributed by atoms with Crippen LogP contribution in [0.5, 0.6) is 0 Å². The number of aromatic nitrogens is 1. The van der Waals surface area contributed by atoms with Crippen molar-refractivity contribution in [2.75, 3.05) is 18.2 Å². The van der Waals surface area contributed by atoms with E-state index >= 15 is 0 Å². The van der Waals surface area contributed by atoms with Crippen LogP contribution in [0.1, 0.15) is 10.4 Å². The number of carbonyl (C=O) groups excluding carboxylic acids is 2. The van der Waals surface area contributed by atoms with E-state index in [0.717, 1.165) is 15.6 Å². The van der Waals surface area contributed by atoms with Gasteiger partial charge in [-0.05, 0) is 36.4 Å². The molecule has 0 aliphatic carbocycles. The summed E-state index contributed by atoms with van der Waals surface area (Å²) in [6, 6.07) is 12.7. The maximum Gasteiger partial charge on any atom is 0.339 e. The fraction of sp³-hybridized carbons (Fsp3) is 0.105. The van der Waals surface area contributed by atoms with Crippen LogP contribution in [-0.4, -0.2) is 29.7 Å². The number of ether oxygens (including phenoxy) is 1. The fourth-order valence-electron chi connectivity index (χ4n) is 2.27.